The van der Waals surface area contributed by atoms with Gasteiger partial charge in [-0.25, -0.2) is 0 Å². The smallest absolute Gasteiger partial charge is 0.178 e. The van der Waals surface area contributed by atoms with Gasteiger partial charge in [0.25, 0.3) is 0 Å². The number of carbonyl (C=O) groups excluding carboxylic acids is 1. The Morgan fingerprint density at radius 1 is 1.23 bits per heavy atom. The SMILES string of the molecule is CC1CC1c1ccc(CN(CC(=O)c2c[nH]c3ccccc23)C2CC2)o1. The Balaban J connectivity index is 1.31. The number of aromatic amines is 1. The average molecular weight is 348 g/mol. The van der Waals surface area contributed by atoms with Gasteiger partial charge in [-0.3, -0.25) is 9.69 Å². The number of rotatable bonds is 7. The molecule has 2 unspecified atom stereocenters. The number of hydrogen-bond donors (Lipinski definition) is 1. The summed E-state index contributed by atoms with van der Waals surface area (Å²) in [5.74, 6) is 3.63. The maximum atomic E-state index is 12.9. The summed E-state index contributed by atoms with van der Waals surface area (Å²) in [6.07, 6.45) is 5.43. The van der Waals surface area contributed by atoms with Gasteiger partial charge >= 0.3 is 0 Å². The minimum absolute atomic E-state index is 0.178. The third-order valence-electron chi connectivity index (χ3n) is 5.82. The van der Waals surface area contributed by atoms with Gasteiger partial charge in [-0.15, -0.1) is 0 Å². The monoisotopic (exact) mass is 348 g/mol. The van der Waals surface area contributed by atoms with E-state index in [1.165, 1.54) is 19.3 Å². The van der Waals surface area contributed by atoms with Crippen LogP contribution < -0.4 is 0 Å². The second-order valence-corrected chi connectivity index (χ2v) is 7.93. The first-order valence-corrected chi connectivity index (χ1v) is 9.61. The number of furan rings is 1. The van der Waals surface area contributed by atoms with Crippen LogP contribution in [0.5, 0.6) is 0 Å². The molecule has 0 bridgehead atoms. The minimum Gasteiger partial charge on any atom is -0.464 e. The van der Waals surface area contributed by atoms with E-state index in [0.717, 1.165) is 40.4 Å². The zero-order valence-corrected chi connectivity index (χ0v) is 15.1. The molecule has 0 saturated heterocycles. The highest BCUT2D eigenvalue weighted by molar-refractivity contribution is 6.08. The molecule has 2 atom stereocenters. The largest absolute Gasteiger partial charge is 0.464 e. The van der Waals surface area contributed by atoms with Crippen molar-refractivity contribution < 1.29 is 9.21 Å². The maximum Gasteiger partial charge on any atom is 0.178 e. The van der Waals surface area contributed by atoms with Crippen LogP contribution in [0.4, 0.5) is 0 Å². The molecule has 4 heteroatoms. The van der Waals surface area contributed by atoms with Crippen LogP contribution in [0, 0.1) is 5.92 Å². The number of nitrogens with zero attached hydrogens (tertiary/aromatic N) is 1. The Bertz CT molecular complexity index is 950. The molecule has 1 aromatic carbocycles. The van der Waals surface area contributed by atoms with Gasteiger partial charge in [0.1, 0.15) is 11.5 Å². The van der Waals surface area contributed by atoms with Gasteiger partial charge in [-0.05, 0) is 43.4 Å². The molecule has 2 heterocycles. The molecule has 2 aliphatic rings. The fourth-order valence-corrected chi connectivity index (χ4v) is 3.92. The number of aromatic nitrogens is 1. The van der Waals surface area contributed by atoms with Crippen LogP contribution >= 0.6 is 0 Å². The van der Waals surface area contributed by atoms with E-state index in [9.17, 15) is 4.79 Å². The lowest BCUT2D eigenvalue weighted by Crippen LogP contribution is -2.31. The van der Waals surface area contributed by atoms with Crippen molar-refractivity contribution in [2.75, 3.05) is 6.54 Å². The first-order valence-electron chi connectivity index (χ1n) is 9.61. The summed E-state index contributed by atoms with van der Waals surface area (Å²) in [5, 5.41) is 1.01. The van der Waals surface area contributed by atoms with Gasteiger partial charge in [0, 0.05) is 34.6 Å². The Morgan fingerprint density at radius 2 is 2.04 bits per heavy atom. The number of carbonyl (C=O) groups is 1. The van der Waals surface area contributed by atoms with Crippen LogP contribution in [-0.4, -0.2) is 28.3 Å². The lowest BCUT2D eigenvalue weighted by atomic mass is 10.1. The van der Waals surface area contributed by atoms with E-state index < -0.39 is 0 Å². The third kappa shape index (κ3) is 2.99. The molecule has 3 aromatic rings. The zero-order chi connectivity index (χ0) is 17.7. The van der Waals surface area contributed by atoms with E-state index >= 15 is 0 Å². The number of Topliss-reactive ketones (excluding diaryl/α,β-unsaturated/α-hetero) is 1. The van der Waals surface area contributed by atoms with Crippen LogP contribution in [0.1, 0.15) is 54.0 Å². The predicted octanol–water partition coefficient (Wildman–Crippen LogP) is 4.73. The van der Waals surface area contributed by atoms with Crippen molar-refractivity contribution in [1.29, 1.82) is 0 Å². The summed E-state index contributed by atoms with van der Waals surface area (Å²) < 4.78 is 6.07. The van der Waals surface area contributed by atoms with Gasteiger partial charge in [0.05, 0.1) is 13.1 Å². The number of nitrogens with one attached hydrogen (secondary N) is 1. The fraction of sp³-hybridized carbons (Fsp3) is 0.409. The van der Waals surface area contributed by atoms with Crippen molar-refractivity contribution in [2.45, 2.75) is 44.7 Å². The number of fused-ring (bicyclic) bond motifs is 1. The van der Waals surface area contributed by atoms with Crippen LogP contribution in [0.3, 0.4) is 0 Å². The highest BCUT2D eigenvalue weighted by atomic mass is 16.3. The average Bonchev–Trinajstić information content (AvgIpc) is 3.52. The molecule has 2 fully saturated rings. The quantitative estimate of drug-likeness (QED) is 0.628. The lowest BCUT2D eigenvalue weighted by Gasteiger charge is -2.19. The van der Waals surface area contributed by atoms with E-state index in [2.05, 4.69) is 28.9 Å². The number of H-pyrrole nitrogens is 1. The fourth-order valence-electron chi connectivity index (χ4n) is 3.92. The molecule has 2 aliphatic carbocycles. The van der Waals surface area contributed by atoms with Crippen LogP contribution in [0.2, 0.25) is 0 Å². The molecule has 5 rings (SSSR count). The van der Waals surface area contributed by atoms with Crippen LogP contribution in [0.25, 0.3) is 10.9 Å². The summed E-state index contributed by atoms with van der Waals surface area (Å²) in [6.45, 7) is 3.44. The van der Waals surface area contributed by atoms with E-state index in [0.29, 0.717) is 18.5 Å². The van der Waals surface area contributed by atoms with Crippen molar-refractivity contribution >= 4 is 16.7 Å². The highest BCUT2D eigenvalue weighted by Gasteiger charge is 2.37. The molecule has 1 N–H and O–H groups in total. The second-order valence-electron chi connectivity index (χ2n) is 7.93. The van der Waals surface area contributed by atoms with Gasteiger partial charge in [-0.2, -0.15) is 0 Å². The number of ketones is 1. The third-order valence-corrected chi connectivity index (χ3v) is 5.82. The topological polar surface area (TPSA) is 49.2 Å². The second kappa shape index (κ2) is 6.13. The van der Waals surface area contributed by atoms with Crippen LogP contribution in [0.15, 0.2) is 47.0 Å². The molecule has 2 saturated carbocycles. The van der Waals surface area contributed by atoms with Crippen molar-refractivity contribution in [3.63, 3.8) is 0 Å². The molecule has 0 aliphatic heterocycles. The van der Waals surface area contributed by atoms with Crippen molar-refractivity contribution in [3.05, 3.63) is 59.7 Å². The number of para-hydroxylation sites is 1. The van der Waals surface area contributed by atoms with Crippen molar-refractivity contribution in [3.8, 4) is 0 Å². The summed E-state index contributed by atoms with van der Waals surface area (Å²) >= 11 is 0. The normalized spacial score (nSPS) is 22.2. The Hall–Kier alpha value is -2.33. The maximum absolute atomic E-state index is 12.9. The first-order chi connectivity index (χ1) is 12.7. The van der Waals surface area contributed by atoms with Crippen molar-refractivity contribution in [1.82, 2.24) is 9.88 Å². The molecule has 26 heavy (non-hydrogen) atoms. The van der Waals surface area contributed by atoms with E-state index in [1.54, 1.807) is 0 Å². The van der Waals surface area contributed by atoms with E-state index in [4.69, 9.17) is 4.42 Å². The summed E-state index contributed by atoms with van der Waals surface area (Å²) in [4.78, 5) is 18.4. The molecule has 0 radical (unpaired) electrons. The highest BCUT2D eigenvalue weighted by Crippen LogP contribution is 2.47. The predicted molar refractivity (Wildman–Crippen MR) is 101 cm³/mol. The molecule has 0 amide bonds. The number of benzene rings is 1. The summed E-state index contributed by atoms with van der Waals surface area (Å²) in [7, 11) is 0. The Kier molecular flexibility index (Phi) is 3.75. The van der Waals surface area contributed by atoms with Gasteiger partial charge in [0.2, 0.25) is 0 Å². The standard InChI is InChI=1S/C22H24N2O2/c1-14-10-18(14)22-9-8-16(26-22)12-24(15-6-7-15)13-21(25)19-11-23-20-5-3-2-4-17(19)20/h2-5,8-9,11,14-15,18,23H,6-7,10,12-13H2,1H3. The van der Waals surface area contributed by atoms with Gasteiger partial charge < -0.3 is 9.40 Å². The van der Waals surface area contributed by atoms with Gasteiger partial charge in [0.15, 0.2) is 5.78 Å². The molecule has 0 spiro atoms. The Labute approximate surface area is 153 Å². The molecular weight excluding hydrogens is 324 g/mol. The molecule has 2 aromatic heterocycles. The van der Waals surface area contributed by atoms with E-state index in [-0.39, 0.29) is 5.78 Å². The van der Waals surface area contributed by atoms with Crippen LogP contribution in [-0.2, 0) is 6.54 Å². The first kappa shape index (κ1) is 15.9. The van der Waals surface area contributed by atoms with E-state index in [1.807, 2.05) is 30.5 Å². The molecule has 4 nitrogen and oxygen atoms in total. The van der Waals surface area contributed by atoms with Crippen molar-refractivity contribution in [2.24, 2.45) is 5.92 Å². The zero-order valence-electron chi connectivity index (χ0n) is 15.1. The lowest BCUT2D eigenvalue weighted by molar-refractivity contribution is 0.0915. The van der Waals surface area contributed by atoms with Gasteiger partial charge in [-0.1, -0.05) is 25.1 Å². The summed E-state index contributed by atoms with van der Waals surface area (Å²) in [6, 6.07) is 12.7. The molecular formula is C22H24N2O2. The summed E-state index contributed by atoms with van der Waals surface area (Å²) in [5.41, 5.74) is 1.81. The number of hydrogen-bond acceptors (Lipinski definition) is 3. The Morgan fingerprint density at radius 3 is 2.81 bits per heavy atom. The minimum atomic E-state index is 0.178. The molecule has 134 valence electrons.